The van der Waals surface area contributed by atoms with Gasteiger partial charge in [0.05, 0.1) is 13.7 Å². The monoisotopic (exact) mass is 282 g/mol. The topological polar surface area (TPSA) is 86.6 Å². The molecule has 0 fully saturated rings. The molecule has 0 saturated heterocycles. The SMILES string of the molecule is CCC1(COC)OC(C)C(O)=C1OP(O)OOC. The summed E-state index contributed by atoms with van der Waals surface area (Å²) < 4.78 is 20.4. The lowest BCUT2D eigenvalue weighted by Crippen LogP contribution is -2.37. The second kappa shape index (κ2) is 6.65. The molecule has 7 nitrogen and oxygen atoms in total. The summed E-state index contributed by atoms with van der Waals surface area (Å²) in [5.41, 5.74) is -0.918. The van der Waals surface area contributed by atoms with Crippen molar-refractivity contribution in [3.8, 4) is 0 Å². The Labute approximate surface area is 107 Å². The fraction of sp³-hybridized carbons (Fsp3) is 0.800. The van der Waals surface area contributed by atoms with Crippen molar-refractivity contribution < 1.29 is 33.6 Å². The fourth-order valence-corrected chi connectivity index (χ4v) is 2.41. The van der Waals surface area contributed by atoms with E-state index in [2.05, 4.69) is 9.56 Å². The van der Waals surface area contributed by atoms with Crippen LogP contribution >= 0.6 is 8.60 Å². The van der Waals surface area contributed by atoms with Crippen LogP contribution < -0.4 is 0 Å². The Morgan fingerprint density at radius 1 is 1.44 bits per heavy atom. The van der Waals surface area contributed by atoms with Gasteiger partial charge in [0.25, 0.3) is 0 Å². The van der Waals surface area contributed by atoms with Crippen molar-refractivity contribution >= 4 is 8.60 Å². The van der Waals surface area contributed by atoms with Crippen LogP contribution in [-0.2, 0) is 23.6 Å². The molecule has 1 rings (SSSR count). The Bertz CT molecular complexity index is 309. The summed E-state index contributed by atoms with van der Waals surface area (Å²) in [5.74, 6) is 0.0557. The van der Waals surface area contributed by atoms with Crippen molar-refractivity contribution in [2.75, 3.05) is 20.8 Å². The van der Waals surface area contributed by atoms with Crippen LogP contribution in [0.1, 0.15) is 20.3 Å². The molecular formula is C10H19O7P. The van der Waals surface area contributed by atoms with Gasteiger partial charge in [0.2, 0.25) is 0 Å². The van der Waals surface area contributed by atoms with Crippen molar-refractivity contribution in [2.45, 2.75) is 32.0 Å². The van der Waals surface area contributed by atoms with Crippen molar-refractivity contribution in [3.63, 3.8) is 0 Å². The molecule has 0 aromatic carbocycles. The summed E-state index contributed by atoms with van der Waals surface area (Å²) >= 11 is 0. The highest BCUT2D eigenvalue weighted by Crippen LogP contribution is 2.46. The summed E-state index contributed by atoms with van der Waals surface area (Å²) in [7, 11) is 0.481. The molecule has 1 heterocycles. The number of hydrogen-bond acceptors (Lipinski definition) is 7. The first kappa shape index (κ1) is 15.6. The predicted octanol–water partition coefficient (Wildman–Crippen LogP) is 1.78. The summed E-state index contributed by atoms with van der Waals surface area (Å²) in [6, 6.07) is 0. The molecule has 106 valence electrons. The predicted molar refractivity (Wildman–Crippen MR) is 63.4 cm³/mol. The van der Waals surface area contributed by atoms with Crippen LogP contribution in [0.4, 0.5) is 0 Å². The molecule has 1 aliphatic rings. The maximum atomic E-state index is 9.94. The van der Waals surface area contributed by atoms with Gasteiger partial charge in [-0.1, -0.05) is 6.92 Å². The number of methoxy groups -OCH3 is 1. The van der Waals surface area contributed by atoms with Gasteiger partial charge in [-0.2, -0.15) is 0 Å². The third-order valence-corrected chi connectivity index (χ3v) is 3.31. The first-order valence-corrected chi connectivity index (χ1v) is 6.62. The Morgan fingerprint density at radius 2 is 2.11 bits per heavy atom. The molecule has 2 N–H and O–H groups in total. The van der Waals surface area contributed by atoms with Gasteiger partial charge < -0.3 is 24.0 Å². The van der Waals surface area contributed by atoms with Crippen molar-refractivity contribution in [2.24, 2.45) is 0 Å². The Morgan fingerprint density at radius 3 is 2.61 bits per heavy atom. The minimum Gasteiger partial charge on any atom is -0.506 e. The second-order valence-corrected chi connectivity index (χ2v) is 4.63. The van der Waals surface area contributed by atoms with Crippen LogP contribution in [0.5, 0.6) is 0 Å². The number of ether oxygens (including phenoxy) is 2. The molecule has 18 heavy (non-hydrogen) atoms. The van der Waals surface area contributed by atoms with Gasteiger partial charge in [0, 0.05) is 7.11 Å². The van der Waals surface area contributed by atoms with Crippen LogP contribution in [0.15, 0.2) is 11.5 Å². The fourth-order valence-electron chi connectivity index (χ4n) is 1.83. The van der Waals surface area contributed by atoms with E-state index in [1.807, 2.05) is 6.92 Å². The van der Waals surface area contributed by atoms with Gasteiger partial charge in [-0.3, -0.25) is 0 Å². The zero-order valence-electron chi connectivity index (χ0n) is 10.9. The van der Waals surface area contributed by atoms with E-state index in [-0.39, 0.29) is 18.1 Å². The molecule has 0 radical (unpaired) electrons. The van der Waals surface area contributed by atoms with E-state index in [9.17, 15) is 10.00 Å². The molecule has 0 amide bonds. The van der Waals surface area contributed by atoms with E-state index < -0.39 is 20.3 Å². The van der Waals surface area contributed by atoms with Crippen LogP contribution in [0.25, 0.3) is 0 Å². The molecule has 0 aliphatic carbocycles. The van der Waals surface area contributed by atoms with E-state index in [1.165, 1.54) is 14.2 Å². The summed E-state index contributed by atoms with van der Waals surface area (Å²) in [4.78, 5) is 13.8. The third-order valence-electron chi connectivity index (χ3n) is 2.69. The van der Waals surface area contributed by atoms with E-state index in [1.54, 1.807) is 6.92 Å². The molecule has 0 aromatic heterocycles. The Balaban J connectivity index is 2.92. The first-order valence-electron chi connectivity index (χ1n) is 5.48. The molecule has 3 atom stereocenters. The average Bonchev–Trinajstić information content (AvgIpc) is 2.55. The van der Waals surface area contributed by atoms with Crippen LogP contribution in [0.3, 0.4) is 0 Å². The lowest BCUT2D eigenvalue weighted by atomic mass is 10.00. The van der Waals surface area contributed by atoms with Crippen molar-refractivity contribution in [1.82, 2.24) is 0 Å². The largest absolute Gasteiger partial charge is 0.506 e. The first-order chi connectivity index (χ1) is 8.50. The van der Waals surface area contributed by atoms with Gasteiger partial charge in [0.1, 0.15) is 6.10 Å². The molecule has 3 unspecified atom stereocenters. The van der Waals surface area contributed by atoms with Crippen LogP contribution in [-0.4, -0.2) is 42.5 Å². The highest BCUT2D eigenvalue weighted by atomic mass is 31.2. The van der Waals surface area contributed by atoms with E-state index in [4.69, 9.17) is 14.0 Å². The second-order valence-electron chi connectivity index (χ2n) is 3.83. The van der Waals surface area contributed by atoms with E-state index in [0.717, 1.165) is 0 Å². The number of rotatable bonds is 7. The number of aliphatic hydroxyl groups excluding tert-OH is 1. The lowest BCUT2D eigenvalue weighted by Gasteiger charge is -2.29. The molecule has 0 saturated carbocycles. The minimum absolute atomic E-state index is 0.0739. The summed E-state index contributed by atoms with van der Waals surface area (Å²) in [5, 5.41) is 9.94. The lowest BCUT2D eigenvalue weighted by molar-refractivity contribution is -0.188. The van der Waals surface area contributed by atoms with E-state index >= 15 is 0 Å². The zero-order valence-corrected chi connectivity index (χ0v) is 11.8. The standard InChI is InChI=1S/C10H19O7P/c1-5-10(6-13-3)9(8(11)7(2)15-10)16-18(12)17-14-4/h7,11-12H,5-6H2,1-4H3. The highest BCUT2D eigenvalue weighted by Gasteiger charge is 2.48. The minimum atomic E-state index is -2.29. The van der Waals surface area contributed by atoms with Crippen LogP contribution in [0, 0.1) is 0 Å². The third kappa shape index (κ3) is 3.12. The number of hydrogen-bond donors (Lipinski definition) is 2. The molecule has 0 spiro atoms. The van der Waals surface area contributed by atoms with Gasteiger partial charge in [-0.05, 0) is 13.3 Å². The molecular weight excluding hydrogens is 263 g/mol. The van der Waals surface area contributed by atoms with Gasteiger partial charge >= 0.3 is 8.60 Å². The maximum absolute atomic E-state index is 9.94. The molecule has 1 aliphatic heterocycles. The molecule has 0 aromatic rings. The average molecular weight is 282 g/mol. The Kier molecular flexibility index (Phi) is 5.78. The molecule has 0 bridgehead atoms. The zero-order chi connectivity index (χ0) is 13.8. The quantitative estimate of drug-likeness (QED) is 0.418. The molecule has 8 heteroatoms. The van der Waals surface area contributed by atoms with E-state index in [0.29, 0.717) is 6.42 Å². The number of aliphatic hydroxyl groups is 1. The maximum Gasteiger partial charge on any atom is 0.424 e. The van der Waals surface area contributed by atoms with Gasteiger partial charge in [-0.25, -0.2) is 4.89 Å². The highest BCUT2D eigenvalue weighted by molar-refractivity contribution is 7.40. The Hall–Kier alpha value is -0.430. The summed E-state index contributed by atoms with van der Waals surface area (Å²) in [6.45, 7) is 3.75. The van der Waals surface area contributed by atoms with Gasteiger partial charge in [-0.15, -0.1) is 4.67 Å². The van der Waals surface area contributed by atoms with Crippen molar-refractivity contribution in [1.29, 1.82) is 0 Å². The van der Waals surface area contributed by atoms with Crippen molar-refractivity contribution in [3.05, 3.63) is 11.5 Å². The normalized spacial score (nSPS) is 29.7. The van der Waals surface area contributed by atoms with Crippen LogP contribution in [0.2, 0.25) is 0 Å². The van der Waals surface area contributed by atoms with Gasteiger partial charge in [0.15, 0.2) is 17.1 Å². The smallest absolute Gasteiger partial charge is 0.424 e. The summed E-state index contributed by atoms with van der Waals surface area (Å²) in [6.07, 6.45) is -0.0122.